The zero-order valence-electron chi connectivity index (χ0n) is 15.9. The molecule has 7 nitrogen and oxygen atoms in total. The van der Waals surface area contributed by atoms with Crippen molar-refractivity contribution in [3.05, 3.63) is 87.1 Å². The van der Waals surface area contributed by atoms with Gasteiger partial charge in [-0.1, -0.05) is 6.07 Å². The van der Waals surface area contributed by atoms with Crippen molar-refractivity contribution >= 4 is 5.91 Å². The minimum Gasteiger partial charge on any atom is -0.334 e. The molecule has 1 amide bonds. The minimum atomic E-state index is -0.302. The van der Waals surface area contributed by atoms with Crippen molar-refractivity contribution in [3.63, 3.8) is 0 Å². The lowest BCUT2D eigenvalue weighted by Gasteiger charge is -2.28. The third-order valence-electron chi connectivity index (χ3n) is 5.01. The minimum absolute atomic E-state index is 0.218. The van der Waals surface area contributed by atoms with Gasteiger partial charge in [0.1, 0.15) is 5.56 Å². The highest BCUT2D eigenvalue weighted by Crippen LogP contribution is 2.18. The summed E-state index contributed by atoms with van der Waals surface area (Å²) in [6.45, 7) is 4.96. The largest absolute Gasteiger partial charge is 0.334 e. The fourth-order valence-corrected chi connectivity index (χ4v) is 3.42. The molecular formula is C21H21N5O2. The van der Waals surface area contributed by atoms with Gasteiger partial charge in [-0.3, -0.25) is 24.5 Å². The molecule has 3 aromatic rings. The highest BCUT2D eigenvalue weighted by Gasteiger charge is 2.26. The maximum Gasteiger partial charge on any atom is 0.264 e. The van der Waals surface area contributed by atoms with Crippen molar-refractivity contribution in [3.8, 4) is 0 Å². The molecule has 3 aromatic heterocycles. The second kappa shape index (κ2) is 7.34. The molecule has 28 heavy (non-hydrogen) atoms. The molecule has 0 fully saturated rings. The molecule has 4 rings (SSSR count). The lowest BCUT2D eigenvalue weighted by atomic mass is 10.0. The monoisotopic (exact) mass is 375 g/mol. The van der Waals surface area contributed by atoms with E-state index in [9.17, 15) is 9.59 Å². The fourth-order valence-electron chi connectivity index (χ4n) is 3.42. The molecule has 0 aliphatic carbocycles. The maximum atomic E-state index is 13.2. The third-order valence-corrected chi connectivity index (χ3v) is 5.01. The summed E-state index contributed by atoms with van der Waals surface area (Å²) in [6, 6.07) is 5.65. The van der Waals surface area contributed by atoms with Crippen LogP contribution < -0.4 is 5.56 Å². The smallest absolute Gasteiger partial charge is 0.264 e. The first-order chi connectivity index (χ1) is 13.5. The van der Waals surface area contributed by atoms with E-state index in [0.29, 0.717) is 30.8 Å². The van der Waals surface area contributed by atoms with E-state index < -0.39 is 0 Å². The van der Waals surface area contributed by atoms with E-state index in [1.165, 1.54) is 4.57 Å². The second-order valence-electron chi connectivity index (χ2n) is 7.04. The van der Waals surface area contributed by atoms with Crippen molar-refractivity contribution in [1.29, 1.82) is 0 Å². The Bertz CT molecular complexity index is 1090. The Labute approximate surface area is 162 Å². The number of amides is 1. The van der Waals surface area contributed by atoms with Crippen LogP contribution in [0.2, 0.25) is 0 Å². The molecular weight excluding hydrogens is 354 g/mol. The molecule has 0 N–H and O–H groups in total. The Morgan fingerprint density at radius 2 is 2.00 bits per heavy atom. The van der Waals surface area contributed by atoms with Crippen molar-refractivity contribution in [2.24, 2.45) is 0 Å². The van der Waals surface area contributed by atoms with Gasteiger partial charge >= 0.3 is 0 Å². The van der Waals surface area contributed by atoms with Gasteiger partial charge in [-0.05, 0) is 37.1 Å². The number of aromatic nitrogens is 4. The first kappa shape index (κ1) is 18.0. The van der Waals surface area contributed by atoms with Gasteiger partial charge in [0.05, 0.1) is 24.1 Å². The van der Waals surface area contributed by atoms with E-state index in [2.05, 4.69) is 15.0 Å². The van der Waals surface area contributed by atoms with E-state index in [1.807, 2.05) is 19.1 Å². The number of fused-ring (bicyclic) bond motifs is 1. The van der Waals surface area contributed by atoms with Crippen molar-refractivity contribution in [1.82, 2.24) is 24.4 Å². The highest BCUT2D eigenvalue weighted by molar-refractivity contribution is 5.95. The number of nitrogens with zero attached hydrogens (tertiary/aromatic N) is 5. The molecule has 0 atom stereocenters. The van der Waals surface area contributed by atoms with Gasteiger partial charge in [0.25, 0.3) is 11.5 Å². The van der Waals surface area contributed by atoms with E-state index in [0.717, 1.165) is 17.0 Å². The topological polar surface area (TPSA) is 81.0 Å². The number of carbonyl (C=O) groups is 1. The van der Waals surface area contributed by atoms with Crippen LogP contribution in [-0.4, -0.2) is 36.9 Å². The van der Waals surface area contributed by atoms with Gasteiger partial charge in [0, 0.05) is 43.8 Å². The molecule has 142 valence electrons. The predicted octanol–water partition coefficient (Wildman–Crippen LogP) is 1.90. The number of aryl methyl sites for hydroxylation is 2. The highest BCUT2D eigenvalue weighted by atomic mass is 16.2. The van der Waals surface area contributed by atoms with Gasteiger partial charge in [-0.15, -0.1) is 0 Å². The molecule has 7 heteroatoms. The average Bonchev–Trinajstić information content (AvgIpc) is 2.71. The summed E-state index contributed by atoms with van der Waals surface area (Å²) in [5.74, 6) is -0.235. The summed E-state index contributed by atoms with van der Waals surface area (Å²) in [5, 5.41) is 0. The summed E-state index contributed by atoms with van der Waals surface area (Å²) >= 11 is 0. The van der Waals surface area contributed by atoms with E-state index in [1.54, 1.807) is 42.7 Å². The summed E-state index contributed by atoms with van der Waals surface area (Å²) in [4.78, 5) is 40.8. The first-order valence-corrected chi connectivity index (χ1v) is 9.22. The van der Waals surface area contributed by atoms with E-state index in [4.69, 9.17) is 0 Å². The van der Waals surface area contributed by atoms with Crippen LogP contribution in [0.1, 0.15) is 38.6 Å². The number of hydrogen-bond acceptors (Lipinski definition) is 5. The van der Waals surface area contributed by atoms with Crippen LogP contribution in [0.25, 0.3) is 0 Å². The van der Waals surface area contributed by atoms with Gasteiger partial charge in [-0.25, -0.2) is 0 Å². The standard InChI is InChI=1S/C21H21N5O2/c1-14-5-8-26(13-17-11-23-15(2)10-24-17)21(28)19(14)20(27)25-9-6-18-16(12-25)4-3-7-22-18/h3-5,7-8,10-11H,6,9,12-13H2,1-2H3. The lowest BCUT2D eigenvalue weighted by Crippen LogP contribution is -2.40. The first-order valence-electron chi connectivity index (χ1n) is 9.22. The third kappa shape index (κ3) is 3.43. The number of hydrogen-bond donors (Lipinski definition) is 0. The Hall–Kier alpha value is -3.35. The van der Waals surface area contributed by atoms with Crippen LogP contribution in [0.4, 0.5) is 0 Å². The van der Waals surface area contributed by atoms with Crippen LogP contribution in [0, 0.1) is 13.8 Å². The molecule has 0 saturated heterocycles. The van der Waals surface area contributed by atoms with E-state index in [-0.39, 0.29) is 23.6 Å². The summed E-state index contributed by atoms with van der Waals surface area (Å²) in [6.07, 6.45) is 7.48. The second-order valence-corrected chi connectivity index (χ2v) is 7.04. The molecule has 0 unspecified atom stereocenters. The molecule has 0 saturated carbocycles. The molecule has 0 bridgehead atoms. The Morgan fingerprint density at radius 3 is 2.79 bits per heavy atom. The van der Waals surface area contributed by atoms with E-state index >= 15 is 0 Å². The Morgan fingerprint density at radius 1 is 1.14 bits per heavy atom. The van der Waals surface area contributed by atoms with Crippen LogP contribution in [0.5, 0.6) is 0 Å². The Balaban J connectivity index is 1.63. The van der Waals surface area contributed by atoms with Gasteiger partial charge < -0.3 is 9.47 Å². The fraction of sp³-hybridized carbons (Fsp3) is 0.286. The molecule has 0 aromatic carbocycles. The van der Waals surface area contributed by atoms with Crippen molar-refractivity contribution < 1.29 is 4.79 Å². The van der Waals surface area contributed by atoms with Gasteiger partial charge in [-0.2, -0.15) is 0 Å². The molecule has 4 heterocycles. The zero-order valence-corrected chi connectivity index (χ0v) is 15.9. The van der Waals surface area contributed by atoms with Gasteiger partial charge in [0.2, 0.25) is 0 Å². The predicted molar refractivity (Wildman–Crippen MR) is 104 cm³/mol. The molecule has 0 spiro atoms. The normalized spacial score (nSPS) is 13.3. The van der Waals surface area contributed by atoms with Crippen molar-refractivity contribution in [2.75, 3.05) is 6.54 Å². The lowest BCUT2D eigenvalue weighted by molar-refractivity contribution is 0.0730. The average molecular weight is 375 g/mol. The zero-order chi connectivity index (χ0) is 19.7. The van der Waals surface area contributed by atoms with Crippen LogP contribution in [-0.2, 0) is 19.5 Å². The summed E-state index contributed by atoms with van der Waals surface area (Å²) < 4.78 is 1.51. The molecule has 1 aliphatic rings. The number of rotatable bonds is 3. The quantitative estimate of drug-likeness (QED) is 0.698. The summed E-state index contributed by atoms with van der Waals surface area (Å²) in [7, 11) is 0. The maximum absolute atomic E-state index is 13.2. The van der Waals surface area contributed by atoms with Gasteiger partial charge in [0.15, 0.2) is 0 Å². The van der Waals surface area contributed by atoms with Crippen LogP contribution in [0.3, 0.4) is 0 Å². The number of carbonyl (C=O) groups excluding carboxylic acids is 1. The van der Waals surface area contributed by atoms with Crippen molar-refractivity contribution in [2.45, 2.75) is 33.4 Å². The van der Waals surface area contributed by atoms with Crippen LogP contribution >= 0.6 is 0 Å². The van der Waals surface area contributed by atoms with Crippen LogP contribution in [0.15, 0.2) is 47.8 Å². The SMILES string of the molecule is Cc1cnc(Cn2ccc(C)c(C(=O)N3CCc4ncccc4C3)c2=O)cn1. The number of pyridine rings is 2. The Kier molecular flexibility index (Phi) is 4.73. The summed E-state index contributed by atoms with van der Waals surface area (Å²) in [5.41, 5.74) is 4.14. The molecule has 0 radical (unpaired) electrons. The molecule has 1 aliphatic heterocycles.